The Balaban J connectivity index is 0.000000317. The van der Waals surface area contributed by atoms with Crippen LogP contribution in [0.3, 0.4) is 0 Å². The summed E-state index contributed by atoms with van der Waals surface area (Å²) >= 11 is -0.240. The minimum atomic E-state index is -0.240. The molecule has 0 N–H and O–H groups in total. The summed E-state index contributed by atoms with van der Waals surface area (Å²) < 4.78 is 2.83. The molecule has 1 aromatic rings. The van der Waals surface area contributed by atoms with Crippen molar-refractivity contribution in [1.29, 1.82) is 0 Å². The maximum atomic E-state index is 2.33. The van der Waals surface area contributed by atoms with Gasteiger partial charge in [0.25, 0.3) is 0 Å². The van der Waals surface area contributed by atoms with Gasteiger partial charge in [0, 0.05) is 0 Å². The van der Waals surface area contributed by atoms with Crippen LogP contribution in [0.4, 0.5) is 0 Å². The van der Waals surface area contributed by atoms with E-state index in [1.807, 2.05) is 26.0 Å². The predicted octanol–water partition coefficient (Wildman–Crippen LogP) is 2.95. The third-order valence-corrected chi connectivity index (χ3v) is 7.47. The molecular formula is C15H25NSn. The van der Waals surface area contributed by atoms with E-state index in [2.05, 4.69) is 30.3 Å². The van der Waals surface area contributed by atoms with Crippen molar-refractivity contribution < 1.29 is 0 Å². The SMILES string of the molecule is CN(C)C.c1cc[c]([Sn][CH]2CCCCC2)cc1. The second kappa shape index (κ2) is 8.98. The molecule has 0 unspecified atom stereocenters. The van der Waals surface area contributed by atoms with Crippen molar-refractivity contribution in [3.05, 3.63) is 30.3 Å². The number of hydrogen-bond acceptors (Lipinski definition) is 1. The van der Waals surface area contributed by atoms with Crippen LogP contribution >= 0.6 is 0 Å². The molecule has 0 bridgehead atoms. The van der Waals surface area contributed by atoms with Gasteiger partial charge in [-0.2, -0.15) is 0 Å². The first kappa shape index (κ1) is 15.0. The van der Waals surface area contributed by atoms with Crippen LogP contribution in [0.5, 0.6) is 0 Å². The molecule has 1 nitrogen and oxygen atoms in total. The monoisotopic (exact) mass is 339 g/mol. The van der Waals surface area contributed by atoms with Crippen molar-refractivity contribution in [2.24, 2.45) is 0 Å². The Hall–Kier alpha value is -0.0213. The van der Waals surface area contributed by atoms with Crippen molar-refractivity contribution in [3.63, 3.8) is 0 Å². The fourth-order valence-corrected chi connectivity index (χ4v) is 6.45. The van der Waals surface area contributed by atoms with Crippen molar-refractivity contribution in [3.8, 4) is 0 Å². The van der Waals surface area contributed by atoms with Gasteiger partial charge in [0.15, 0.2) is 0 Å². The molecule has 2 heteroatoms. The Kier molecular flexibility index (Phi) is 7.94. The Morgan fingerprint density at radius 2 is 1.47 bits per heavy atom. The minimum absolute atomic E-state index is 0.240. The standard InChI is InChI=1S/C6H11.C6H5.C3H9N.Sn/c2*1-2-4-6-5-3-1;1-4(2)3;/h1H,2-6H2;1-5H;1-3H3;. The van der Waals surface area contributed by atoms with Gasteiger partial charge in [-0.05, 0) is 21.1 Å². The fraction of sp³-hybridized carbons (Fsp3) is 0.600. The van der Waals surface area contributed by atoms with Crippen LogP contribution in [0.1, 0.15) is 32.1 Å². The van der Waals surface area contributed by atoms with Crippen LogP contribution in [-0.2, 0) is 0 Å². The van der Waals surface area contributed by atoms with Crippen LogP contribution in [0.15, 0.2) is 30.3 Å². The Morgan fingerprint density at radius 3 is 2.00 bits per heavy atom. The first-order chi connectivity index (χ1) is 8.18. The Labute approximate surface area is 117 Å². The topological polar surface area (TPSA) is 3.24 Å². The van der Waals surface area contributed by atoms with Crippen molar-refractivity contribution in [1.82, 2.24) is 4.90 Å². The molecule has 94 valence electrons. The molecule has 1 aliphatic carbocycles. The summed E-state index contributed by atoms with van der Waals surface area (Å²) in [7, 11) is 6.00. The van der Waals surface area contributed by atoms with Gasteiger partial charge in [-0.1, -0.05) is 0 Å². The first-order valence-electron chi connectivity index (χ1n) is 6.61. The van der Waals surface area contributed by atoms with Crippen LogP contribution in [0.25, 0.3) is 0 Å². The molecular weight excluding hydrogens is 313 g/mol. The number of benzene rings is 1. The van der Waals surface area contributed by atoms with Gasteiger partial charge in [0.2, 0.25) is 0 Å². The molecule has 1 saturated carbocycles. The molecule has 0 amide bonds. The van der Waals surface area contributed by atoms with Crippen LogP contribution in [0, 0.1) is 0 Å². The first-order valence-corrected chi connectivity index (χ1v) is 9.68. The van der Waals surface area contributed by atoms with Crippen LogP contribution < -0.4 is 3.58 Å². The van der Waals surface area contributed by atoms with E-state index >= 15 is 0 Å². The molecule has 2 radical (unpaired) electrons. The summed E-state index contributed by atoms with van der Waals surface area (Å²) in [6.07, 6.45) is 7.55. The van der Waals surface area contributed by atoms with Gasteiger partial charge in [0.05, 0.1) is 0 Å². The van der Waals surface area contributed by atoms with Gasteiger partial charge in [0.1, 0.15) is 0 Å². The van der Waals surface area contributed by atoms with E-state index < -0.39 is 0 Å². The number of hydrogen-bond donors (Lipinski definition) is 0. The zero-order valence-electron chi connectivity index (χ0n) is 11.4. The molecule has 1 aromatic carbocycles. The maximum absolute atomic E-state index is 2.33. The normalized spacial score (nSPS) is 16.5. The van der Waals surface area contributed by atoms with E-state index in [0.29, 0.717) is 0 Å². The summed E-state index contributed by atoms with van der Waals surface area (Å²) in [6, 6.07) is 11.2. The Bertz CT molecular complexity index is 275. The summed E-state index contributed by atoms with van der Waals surface area (Å²) in [5, 5.41) is 0. The van der Waals surface area contributed by atoms with Crippen molar-refractivity contribution in [2.45, 2.75) is 36.0 Å². The fourth-order valence-electron chi connectivity index (χ4n) is 2.02. The van der Waals surface area contributed by atoms with Gasteiger partial charge < -0.3 is 4.90 Å². The van der Waals surface area contributed by atoms with E-state index in [0.717, 1.165) is 3.93 Å². The third-order valence-electron chi connectivity index (χ3n) is 2.75. The molecule has 2 rings (SSSR count). The molecule has 1 aliphatic rings. The van der Waals surface area contributed by atoms with E-state index in [9.17, 15) is 0 Å². The zero-order chi connectivity index (χ0) is 12.5. The molecule has 0 aromatic heterocycles. The molecule has 1 fully saturated rings. The summed E-state index contributed by atoms with van der Waals surface area (Å²) in [4.78, 5) is 2.00. The average molecular weight is 338 g/mol. The second-order valence-electron chi connectivity index (χ2n) is 5.19. The molecule has 0 saturated heterocycles. The molecule has 0 atom stereocenters. The molecule has 0 aliphatic heterocycles. The van der Waals surface area contributed by atoms with E-state index in [4.69, 9.17) is 0 Å². The van der Waals surface area contributed by atoms with E-state index in [-0.39, 0.29) is 21.1 Å². The van der Waals surface area contributed by atoms with Crippen LogP contribution in [0.2, 0.25) is 3.93 Å². The van der Waals surface area contributed by atoms with Gasteiger partial charge in [-0.3, -0.25) is 0 Å². The van der Waals surface area contributed by atoms with Gasteiger partial charge >= 0.3 is 91.1 Å². The third kappa shape index (κ3) is 7.82. The molecule has 0 spiro atoms. The van der Waals surface area contributed by atoms with E-state index in [1.165, 1.54) is 32.1 Å². The summed E-state index contributed by atoms with van der Waals surface area (Å²) in [6.45, 7) is 0. The summed E-state index contributed by atoms with van der Waals surface area (Å²) in [5.74, 6) is 0. The summed E-state index contributed by atoms with van der Waals surface area (Å²) in [5.41, 5.74) is 0. The Morgan fingerprint density at radius 1 is 0.941 bits per heavy atom. The number of nitrogens with zero attached hydrogens (tertiary/aromatic N) is 1. The number of rotatable bonds is 2. The zero-order valence-corrected chi connectivity index (χ0v) is 14.3. The van der Waals surface area contributed by atoms with Crippen molar-refractivity contribution in [2.75, 3.05) is 21.1 Å². The van der Waals surface area contributed by atoms with E-state index in [1.54, 1.807) is 3.58 Å². The van der Waals surface area contributed by atoms with Crippen LogP contribution in [-0.4, -0.2) is 47.2 Å². The van der Waals surface area contributed by atoms with Gasteiger partial charge in [-0.15, -0.1) is 0 Å². The molecule has 0 heterocycles. The predicted molar refractivity (Wildman–Crippen MR) is 78.3 cm³/mol. The van der Waals surface area contributed by atoms with Crippen molar-refractivity contribution >= 4 is 24.7 Å². The van der Waals surface area contributed by atoms with Gasteiger partial charge in [-0.25, -0.2) is 0 Å². The second-order valence-corrected chi connectivity index (χ2v) is 9.99. The average Bonchev–Trinajstić information content (AvgIpc) is 2.31. The quantitative estimate of drug-likeness (QED) is 0.750. The molecule has 17 heavy (non-hydrogen) atoms.